The number of halogens is 2. The number of nitrogens with one attached hydrogen (secondary N) is 1. The molecule has 2 atom stereocenters. The molecule has 4 heteroatoms. The Kier molecular flexibility index (Phi) is 4.35. The minimum Gasteiger partial charge on any atom is -0.508 e. The average molecular weight is 442 g/mol. The molecule has 2 N–H and O–H groups in total. The second kappa shape index (κ2) is 6.43. The lowest BCUT2D eigenvalue weighted by Gasteiger charge is -2.54. The van der Waals surface area contributed by atoms with Gasteiger partial charge in [0.05, 0.1) is 10.5 Å². The van der Waals surface area contributed by atoms with Gasteiger partial charge in [-0.3, -0.25) is 0 Å². The predicted octanol–water partition coefficient (Wildman–Crippen LogP) is 7.66. The summed E-state index contributed by atoms with van der Waals surface area (Å²) in [4.78, 5) is 3.68. The van der Waals surface area contributed by atoms with Crippen molar-refractivity contribution in [1.82, 2.24) is 4.98 Å². The molecule has 0 amide bonds. The quantitative estimate of drug-likeness (QED) is 0.399. The molecule has 1 unspecified atom stereocenters. The molecule has 0 saturated carbocycles. The lowest BCUT2D eigenvalue weighted by molar-refractivity contribution is 0.137. The van der Waals surface area contributed by atoms with Gasteiger partial charge in [-0.05, 0) is 71.6 Å². The van der Waals surface area contributed by atoms with Crippen LogP contribution in [0.1, 0.15) is 74.9 Å². The van der Waals surface area contributed by atoms with Crippen molar-refractivity contribution in [3.05, 3.63) is 62.3 Å². The lowest BCUT2D eigenvalue weighted by Crippen LogP contribution is -2.51. The van der Waals surface area contributed by atoms with Crippen molar-refractivity contribution in [3.8, 4) is 5.75 Å². The van der Waals surface area contributed by atoms with E-state index in [1.165, 1.54) is 22.4 Å². The Balaban J connectivity index is 1.79. The molecule has 0 fully saturated rings. The Labute approximate surface area is 188 Å². The van der Waals surface area contributed by atoms with Crippen molar-refractivity contribution < 1.29 is 5.11 Å². The predicted molar refractivity (Wildman–Crippen MR) is 126 cm³/mol. The van der Waals surface area contributed by atoms with Gasteiger partial charge in [-0.25, -0.2) is 0 Å². The number of aromatic hydroxyl groups is 1. The third-order valence-corrected chi connectivity index (χ3v) is 8.49. The van der Waals surface area contributed by atoms with E-state index in [-0.39, 0.29) is 10.8 Å². The molecular formula is C26H29Cl2NO. The first kappa shape index (κ1) is 20.3. The Bertz CT molecular complexity index is 1190. The fourth-order valence-electron chi connectivity index (χ4n) is 6.82. The van der Waals surface area contributed by atoms with Gasteiger partial charge in [0, 0.05) is 26.9 Å². The monoisotopic (exact) mass is 441 g/mol. The van der Waals surface area contributed by atoms with Crippen LogP contribution in [0.3, 0.4) is 0 Å². The van der Waals surface area contributed by atoms with Crippen molar-refractivity contribution >= 4 is 34.1 Å². The van der Waals surface area contributed by atoms with Crippen LogP contribution in [-0.4, -0.2) is 10.1 Å². The fourth-order valence-corrected chi connectivity index (χ4v) is 7.36. The highest BCUT2D eigenvalue weighted by atomic mass is 35.5. The molecule has 1 aromatic heterocycles. The highest BCUT2D eigenvalue weighted by Gasteiger charge is 2.53. The SMILES string of the molecule is CC(C)c1c(O)ccc2c1CCC1C(C)(C)c3[nH]c4c(Cl)cc(Cl)cc4c3C[C@]21C. The topological polar surface area (TPSA) is 36.0 Å². The van der Waals surface area contributed by atoms with Gasteiger partial charge in [0.15, 0.2) is 0 Å². The molecule has 2 aliphatic carbocycles. The lowest BCUT2D eigenvalue weighted by atomic mass is 9.49. The fraction of sp³-hybridized carbons (Fsp3) is 0.462. The average Bonchev–Trinajstić information content (AvgIpc) is 3.00. The summed E-state index contributed by atoms with van der Waals surface area (Å²) in [6.07, 6.45) is 3.08. The Morgan fingerprint density at radius 2 is 1.83 bits per heavy atom. The number of phenols is 1. The van der Waals surface area contributed by atoms with Crippen LogP contribution in [-0.2, 0) is 23.7 Å². The van der Waals surface area contributed by atoms with Gasteiger partial charge in [-0.2, -0.15) is 0 Å². The largest absolute Gasteiger partial charge is 0.508 e. The maximum absolute atomic E-state index is 10.6. The van der Waals surface area contributed by atoms with Crippen molar-refractivity contribution in [1.29, 1.82) is 0 Å². The number of fused-ring (bicyclic) bond motifs is 6. The standard InChI is InChI=1S/C26H29Cl2NO/c1-13(2)22-15-6-9-21-25(3,4)24-17(12-26(21,5)18(15)7-8-20(22)30)16-10-14(27)11-19(28)23(16)29-24/h7-8,10-11,13,21,29-30H,6,9,12H2,1-5H3/t21?,26-/m1/s1. The minimum absolute atomic E-state index is 0.00859. The van der Waals surface area contributed by atoms with Gasteiger partial charge in [-0.15, -0.1) is 0 Å². The summed E-state index contributed by atoms with van der Waals surface area (Å²) in [5.41, 5.74) is 7.49. The zero-order valence-corrected chi connectivity index (χ0v) is 19.8. The van der Waals surface area contributed by atoms with E-state index < -0.39 is 0 Å². The zero-order valence-electron chi connectivity index (χ0n) is 18.3. The van der Waals surface area contributed by atoms with E-state index in [0.29, 0.717) is 27.6 Å². The van der Waals surface area contributed by atoms with E-state index in [2.05, 4.69) is 51.7 Å². The molecule has 158 valence electrons. The molecular weight excluding hydrogens is 413 g/mol. The molecule has 2 aliphatic rings. The van der Waals surface area contributed by atoms with Crippen molar-refractivity contribution in [2.75, 3.05) is 0 Å². The molecule has 1 heterocycles. The van der Waals surface area contributed by atoms with Crippen LogP contribution < -0.4 is 0 Å². The summed E-state index contributed by atoms with van der Waals surface area (Å²) in [7, 11) is 0. The normalized spacial score (nSPS) is 24.6. The third kappa shape index (κ3) is 2.56. The van der Waals surface area contributed by atoms with Crippen LogP contribution >= 0.6 is 23.2 Å². The van der Waals surface area contributed by atoms with Crippen molar-refractivity contribution in [3.63, 3.8) is 0 Å². The van der Waals surface area contributed by atoms with E-state index in [4.69, 9.17) is 23.2 Å². The second-order valence-electron chi connectivity index (χ2n) is 10.4. The summed E-state index contributed by atoms with van der Waals surface area (Å²) in [6, 6.07) is 7.96. The highest BCUT2D eigenvalue weighted by Crippen LogP contribution is 2.58. The van der Waals surface area contributed by atoms with Crippen molar-refractivity contribution in [2.45, 2.75) is 70.6 Å². The number of phenolic OH excluding ortho intramolecular Hbond substituents is 1. The van der Waals surface area contributed by atoms with E-state index in [9.17, 15) is 5.11 Å². The Hall–Kier alpha value is -1.64. The number of benzene rings is 2. The van der Waals surface area contributed by atoms with Crippen LogP contribution in [0, 0.1) is 5.92 Å². The van der Waals surface area contributed by atoms with E-state index in [1.54, 1.807) is 0 Å². The van der Waals surface area contributed by atoms with Crippen LogP contribution in [0.5, 0.6) is 5.75 Å². The van der Waals surface area contributed by atoms with E-state index in [1.807, 2.05) is 12.1 Å². The Morgan fingerprint density at radius 1 is 1.10 bits per heavy atom. The van der Waals surface area contributed by atoms with Crippen LogP contribution in [0.15, 0.2) is 24.3 Å². The smallest absolute Gasteiger partial charge is 0.119 e. The van der Waals surface area contributed by atoms with Gasteiger partial charge in [0.2, 0.25) is 0 Å². The summed E-state index contributed by atoms with van der Waals surface area (Å²) >= 11 is 13.0. The van der Waals surface area contributed by atoms with Gasteiger partial charge in [0.25, 0.3) is 0 Å². The molecule has 30 heavy (non-hydrogen) atoms. The number of H-pyrrole nitrogens is 1. The number of hydrogen-bond acceptors (Lipinski definition) is 1. The number of aromatic amines is 1. The van der Waals surface area contributed by atoms with E-state index in [0.717, 1.165) is 35.7 Å². The molecule has 2 aromatic carbocycles. The first-order valence-corrected chi connectivity index (χ1v) is 11.7. The number of hydrogen-bond donors (Lipinski definition) is 2. The summed E-state index contributed by atoms with van der Waals surface area (Å²) < 4.78 is 0. The van der Waals surface area contributed by atoms with Crippen LogP contribution in [0.2, 0.25) is 10.0 Å². The molecule has 0 aliphatic heterocycles. The highest BCUT2D eigenvalue weighted by molar-refractivity contribution is 6.38. The van der Waals surface area contributed by atoms with Crippen LogP contribution in [0.4, 0.5) is 0 Å². The molecule has 0 radical (unpaired) electrons. The second-order valence-corrected chi connectivity index (χ2v) is 11.2. The first-order valence-electron chi connectivity index (χ1n) is 10.9. The minimum atomic E-state index is -0.0231. The van der Waals surface area contributed by atoms with Gasteiger partial charge < -0.3 is 10.1 Å². The molecule has 0 saturated heterocycles. The maximum Gasteiger partial charge on any atom is 0.119 e. The third-order valence-electron chi connectivity index (χ3n) is 7.97. The van der Waals surface area contributed by atoms with E-state index >= 15 is 0 Å². The Morgan fingerprint density at radius 3 is 2.53 bits per heavy atom. The van der Waals surface area contributed by atoms with Crippen LogP contribution in [0.25, 0.3) is 10.9 Å². The zero-order chi connectivity index (χ0) is 21.6. The summed E-state index contributed by atoms with van der Waals surface area (Å²) in [6.45, 7) is 11.5. The summed E-state index contributed by atoms with van der Waals surface area (Å²) in [5.74, 6) is 1.24. The summed E-state index contributed by atoms with van der Waals surface area (Å²) in [5, 5.41) is 13.1. The van der Waals surface area contributed by atoms with Gasteiger partial charge in [-0.1, -0.05) is 63.9 Å². The van der Waals surface area contributed by atoms with Crippen molar-refractivity contribution in [2.24, 2.45) is 5.92 Å². The first-order chi connectivity index (χ1) is 14.1. The molecule has 2 nitrogen and oxygen atoms in total. The number of rotatable bonds is 1. The molecule has 3 aromatic rings. The van der Waals surface area contributed by atoms with Gasteiger partial charge >= 0.3 is 0 Å². The maximum atomic E-state index is 10.6. The van der Waals surface area contributed by atoms with Gasteiger partial charge in [0.1, 0.15) is 5.75 Å². The molecule has 0 bridgehead atoms. The number of aromatic nitrogens is 1. The molecule has 5 rings (SSSR count). The molecule has 0 spiro atoms.